The first kappa shape index (κ1) is 22.7. The molecule has 6 nitrogen and oxygen atoms in total. The molecule has 0 aliphatic heterocycles. The molecular weight excluding hydrogens is 423 g/mol. The summed E-state index contributed by atoms with van der Waals surface area (Å²) in [4.78, 5) is 22.4. The number of rotatable bonds is 8. The van der Waals surface area contributed by atoms with Gasteiger partial charge in [-0.15, -0.1) is 0 Å². The van der Waals surface area contributed by atoms with E-state index in [2.05, 4.69) is 5.10 Å². The Morgan fingerprint density at radius 2 is 1.90 bits per heavy atom. The third kappa shape index (κ3) is 5.18. The molecule has 0 saturated carbocycles. The Balaban J connectivity index is 2.12. The van der Waals surface area contributed by atoms with Crippen molar-refractivity contribution in [3.05, 3.63) is 64.6 Å². The normalized spacial score (nSPS) is 12.7. The number of fused-ring (bicyclic) bond motifs is 1. The zero-order valence-electron chi connectivity index (χ0n) is 17.0. The van der Waals surface area contributed by atoms with Gasteiger partial charge in [0.1, 0.15) is 18.0 Å². The average molecular weight is 445 g/mol. The zero-order chi connectivity index (χ0) is 22.7. The lowest BCUT2D eigenvalue weighted by atomic mass is 9.93. The number of aliphatic carboxylic acids is 1. The standard InChI is InChI=1S/C23H22ClFN2O4/c1-13(2)21-18(8-7-16(28)11-17(29)12-20(30)31)22(14-3-5-15(25)6-4-14)26-27-10-9-19(24)23(21)27/h3-10,13,16,28H,11-12H2,1-2H3,(H,30,31). The number of carbonyl (C=O) groups excluding carboxylic acids is 1. The highest BCUT2D eigenvalue weighted by atomic mass is 35.5. The number of carboxylic acids is 1. The summed E-state index contributed by atoms with van der Waals surface area (Å²) in [5.41, 5.74) is 3.51. The van der Waals surface area contributed by atoms with Crippen LogP contribution >= 0.6 is 11.6 Å². The van der Waals surface area contributed by atoms with Crippen LogP contribution in [0.5, 0.6) is 0 Å². The highest BCUT2D eigenvalue weighted by Crippen LogP contribution is 2.36. The van der Waals surface area contributed by atoms with Crippen molar-refractivity contribution in [3.8, 4) is 11.3 Å². The number of hydrogen-bond acceptors (Lipinski definition) is 4. The van der Waals surface area contributed by atoms with Crippen LogP contribution in [0.25, 0.3) is 22.9 Å². The van der Waals surface area contributed by atoms with E-state index in [-0.39, 0.29) is 18.2 Å². The highest BCUT2D eigenvalue weighted by Gasteiger charge is 2.20. The molecule has 2 heterocycles. The van der Waals surface area contributed by atoms with Gasteiger partial charge in [0.15, 0.2) is 0 Å². The Bertz CT molecular complexity index is 1150. The van der Waals surface area contributed by atoms with Crippen LogP contribution in [0.4, 0.5) is 4.39 Å². The first-order valence-corrected chi connectivity index (χ1v) is 10.1. The fraction of sp³-hybridized carbons (Fsp3) is 0.261. The number of carbonyl (C=O) groups is 2. The van der Waals surface area contributed by atoms with E-state index in [1.165, 1.54) is 18.2 Å². The predicted molar refractivity (Wildman–Crippen MR) is 117 cm³/mol. The van der Waals surface area contributed by atoms with Gasteiger partial charge in [0.05, 0.1) is 22.3 Å². The molecule has 1 unspecified atom stereocenters. The number of carboxylic acid groups (broad SMARTS) is 1. The number of nitrogens with zero attached hydrogens (tertiary/aromatic N) is 2. The van der Waals surface area contributed by atoms with Gasteiger partial charge < -0.3 is 10.2 Å². The van der Waals surface area contributed by atoms with Crippen molar-refractivity contribution in [1.82, 2.24) is 9.61 Å². The summed E-state index contributed by atoms with van der Waals surface area (Å²) < 4.78 is 15.1. The number of hydrogen-bond donors (Lipinski definition) is 2. The van der Waals surface area contributed by atoms with E-state index >= 15 is 0 Å². The summed E-state index contributed by atoms with van der Waals surface area (Å²) in [6.07, 6.45) is 2.71. The Kier molecular flexibility index (Phi) is 6.87. The number of Topliss-reactive ketones (excluding diaryl/α,β-unsaturated/α-hetero) is 1. The Labute approximate surface area is 183 Å². The van der Waals surface area contributed by atoms with E-state index in [9.17, 15) is 19.1 Å². The van der Waals surface area contributed by atoms with Crippen molar-refractivity contribution in [2.75, 3.05) is 0 Å². The molecule has 31 heavy (non-hydrogen) atoms. The number of aliphatic hydroxyl groups excluding tert-OH is 1. The van der Waals surface area contributed by atoms with Crippen LogP contribution in [0.3, 0.4) is 0 Å². The van der Waals surface area contributed by atoms with Crippen molar-refractivity contribution < 1.29 is 24.2 Å². The third-order valence-electron chi connectivity index (χ3n) is 4.79. The first-order valence-electron chi connectivity index (χ1n) is 9.73. The minimum absolute atomic E-state index is 0.0301. The van der Waals surface area contributed by atoms with Gasteiger partial charge in [-0.05, 0) is 41.8 Å². The molecule has 2 aromatic heterocycles. The fourth-order valence-corrected chi connectivity index (χ4v) is 3.72. The minimum Gasteiger partial charge on any atom is -0.481 e. The summed E-state index contributed by atoms with van der Waals surface area (Å²) in [7, 11) is 0. The van der Waals surface area contributed by atoms with Crippen molar-refractivity contribution >= 4 is 34.9 Å². The van der Waals surface area contributed by atoms with Gasteiger partial charge in [0.25, 0.3) is 0 Å². The van der Waals surface area contributed by atoms with Crippen LogP contribution in [-0.4, -0.2) is 37.7 Å². The van der Waals surface area contributed by atoms with Crippen LogP contribution in [-0.2, 0) is 9.59 Å². The van der Waals surface area contributed by atoms with Crippen molar-refractivity contribution in [2.24, 2.45) is 0 Å². The molecule has 0 amide bonds. The summed E-state index contributed by atoms with van der Waals surface area (Å²) in [5, 5.41) is 24.1. The van der Waals surface area contributed by atoms with Crippen molar-refractivity contribution in [3.63, 3.8) is 0 Å². The van der Waals surface area contributed by atoms with Crippen LogP contribution in [0.2, 0.25) is 5.02 Å². The summed E-state index contributed by atoms with van der Waals surface area (Å²) in [5.74, 6) is -2.15. The molecule has 1 atom stereocenters. The van der Waals surface area contributed by atoms with Gasteiger partial charge in [0.2, 0.25) is 0 Å². The van der Waals surface area contributed by atoms with Gasteiger partial charge in [-0.25, -0.2) is 8.91 Å². The number of halogens is 2. The molecule has 0 saturated heterocycles. The monoisotopic (exact) mass is 444 g/mol. The summed E-state index contributed by atoms with van der Waals surface area (Å²) in [6, 6.07) is 7.64. The summed E-state index contributed by atoms with van der Waals surface area (Å²) in [6.45, 7) is 3.99. The maximum atomic E-state index is 13.5. The third-order valence-corrected chi connectivity index (χ3v) is 5.10. The number of ketones is 1. The second-order valence-corrected chi connectivity index (χ2v) is 7.94. The van der Waals surface area contributed by atoms with Crippen molar-refractivity contribution in [1.29, 1.82) is 0 Å². The molecule has 1 aromatic carbocycles. The average Bonchev–Trinajstić information content (AvgIpc) is 3.05. The van der Waals surface area contributed by atoms with Gasteiger partial charge in [0, 0.05) is 23.7 Å². The van der Waals surface area contributed by atoms with Crippen LogP contribution in [0.15, 0.2) is 42.6 Å². The Hall–Kier alpha value is -3.03. The lowest BCUT2D eigenvalue weighted by molar-refractivity contribution is -0.140. The molecule has 162 valence electrons. The smallest absolute Gasteiger partial charge is 0.310 e. The molecule has 0 bridgehead atoms. The second kappa shape index (κ2) is 9.41. The van der Waals surface area contributed by atoms with E-state index in [1.54, 1.807) is 35.0 Å². The lowest BCUT2D eigenvalue weighted by Crippen LogP contribution is -2.14. The first-order chi connectivity index (χ1) is 14.7. The van der Waals surface area contributed by atoms with Gasteiger partial charge in [-0.1, -0.05) is 37.6 Å². The molecule has 3 rings (SSSR count). The van der Waals surface area contributed by atoms with Gasteiger partial charge in [-0.3, -0.25) is 9.59 Å². The molecule has 3 aromatic rings. The maximum absolute atomic E-state index is 13.5. The van der Waals surface area contributed by atoms with Gasteiger partial charge >= 0.3 is 5.97 Å². The Morgan fingerprint density at radius 3 is 2.52 bits per heavy atom. The number of aromatic nitrogens is 2. The van der Waals surface area contributed by atoms with E-state index in [4.69, 9.17) is 16.7 Å². The molecule has 0 spiro atoms. The SMILES string of the molecule is CC(C)c1c(C=CC(O)CC(=O)CC(=O)O)c(-c2ccc(F)cc2)nn2ccc(Cl)c12. The largest absolute Gasteiger partial charge is 0.481 e. The summed E-state index contributed by atoms with van der Waals surface area (Å²) >= 11 is 6.41. The molecule has 8 heteroatoms. The quantitative estimate of drug-likeness (QED) is 0.490. The minimum atomic E-state index is -1.24. The maximum Gasteiger partial charge on any atom is 0.310 e. The molecule has 0 fully saturated rings. The second-order valence-electron chi connectivity index (χ2n) is 7.53. The van der Waals surface area contributed by atoms with E-state index in [0.29, 0.717) is 21.8 Å². The topological polar surface area (TPSA) is 91.9 Å². The molecule has 0 aliphatic carbocycles. The van der Waals surface area contributed by atoms with Crippen LogP contribution < -0.4 is 0 Å². The van der Waals surface area contributed by atoms with E-state index in [1.807, 2.05) is 13.8 Å². The molecule has 0 radical (unpaired) electrons. The highest BCUT2D eigenvalue weighted by molar-refractivity contribution is 6.34. The lowest BCUT2D eigenvalue weighted by Gasteiger charge is -2.17. The van der Waals surface area contributed by atoms with E-state index < -0.39 is 24.3 Å². The predicted octanol–water partition coefficient (Wildman–Crippen LogP) is 4.73. The number of benzene rings is 1. The molecular formula is C23H22ClFN2O4. The van der Waals surface area contributed by atoms with Crippen molar-refractivity contribution in [2.45, 2.75) is 38.7 Å². The fourth-order valence-electron chi connectivity index (χ4n) is 3.47. The van der Waals surface area contributed by atoms with Crippen LogP contribution in [0, 0.1) is 5.82 Å². The number of aliphatic hydroxyl groups is 1. The van der Waals surface area contributed by atoms with Crippen LogP contribution in [0.1, 0.15) is 43.7 Å². The zero-order valence-corrected chi connectivity index (χ0v) is 17.8. The Morgan fingerprint density at radius 1 is 1.23 bits per heavy atom. The molecule has 0 aliphatic rings. The van der Waals surface area contributed by atoms with E-state index in [0.717, 1.165) is 11.1 Å². The molecule has 2 N–H and O–H groups in total. The van der Waals surface area contributed by atoms with Gasteiger partial charge in [-0.2, -0.15) is 5.10 Å².